The van der Waals surface area contributed by atoms with Crippen LogP contribution in [-0.2, 0) is 11.2 Å². The van der Waals surface area contributed by atoms with Crippen molar-refractivity contribution in [3.05, 3.63) is 30.1 Å². The highest BCUT2D eigenvalue weighted by Crippen LogP contribution is 2.10. The molecule has 18 heavy (non-hydrogen) atoms. The number of nitrogens with zero attached hydrogens (tertiary/aromatic N) is 2. The summed E-state index contributed by atoms with van der Waals surface area (Å²) in [6.07, 6.45) is 4.09. The minimum Gasteiger partial charge on any atom is -0.444 e. The smallest absolute Gasteiger partial charge is 0.410 e. The van der Waals surface area contributed by atoms with Gasteiger partial charge < -0.3 is 9.64 Å². The summed E-state index contributed by atoms with van der Waals surface area (Å²) in [6, 6.07) is 3.92. The summed E-state index contributed by atoms with van der Waals surface area (Å²) in [7, 11) is 0. The fourth-order valence-electron chi connectivity index (χ4n) is 1.52. The van der Waals surface area contributed by atoms with E-state index in [1.165, 1.54) is 5.56 Å². The average Bonchev–Trinajstić information content (AvgIpc) is 2.29. The van der Waals surface area contributed by atoms with E-state index in [2.05, 4.69) is 4.98 Å². The maximum atomic E-state index is 11.9. The monoisotopic (exact) mass is 250 g/mol. The van der Waals surface area contributed by atoms with Gasteiger partial charge >= 0.3 is 6.09 Å². The number of pyridine rings is 1. The quantitative estimate of drug-likeness (QED) is 0.825. The molecular weight excluding hydrogens is 228 g/mol. The standard InChI is InChI=1S/C14H22N2O2/c1-5-16(13(17)18-14(2,3)4)11-8-12-6-9-15-10-7-12/h6-7,9-10H,5,8,11H2,1-4H3. The van der Waals surface area contributed by atoms with Crippen molar-refractivity contribution in [3.8, 4) is 0 Å². The Labute approximate surface area is 109 Å². The normalized spacial score (nSPS) is 11.1. The fourth-order valence-corrected chi connectivity index (χ4v) is 1.52. The van der Waals surface area contributed by atoms with Gasteiger partial charge in [0, 0.05) is 25.5 Å². The molecule has 0 atom stereocenters. The maximum Gasteiger partial charge on any atom is 0.410 e. The highest BCUT2D eigenvalue weighted by atomic mass is 16.6. The van der Waals surface area contributed by atoms with Crippen LogP contribution in [0.3, 0.4) is 0 Å². The van der Waals surface area contributed by atoms with Gasteiger partial charge in [-0.1, -0.05) is 0 Å². The van der Waals surface area contributed by atoms with Crippen molar-refractivity contribution in [2.45, 2.75) is 39.7 Å². The molecule has 0 fully saturated rings. The van der Waals surface area contributed by atoms with Crippen LogP contribution in [0, 0.1) is 0 Å². The molecule has 1 rings (SSSR count). The zero-order chi connectivity index (χ0) is 13.6. The number of hydrogen-bond acceptors (Lipinski definition) is 3. The van der Waals surface area contributed by atoms with Crippen molar-refractivity contribution >= 4 is 6.09 Å². The summed E-state index contributed by atoms with van der Waals surface area (Å²) in [4.78, 5) is 17.6. The summed E-state index contributed by atoms with van der Waals surface area (Å²) >= 11 is 0. The molecule has 0 aliphatic heterocycles. The molecule has 0 aromatic carbocycles. The van der Waals surface area contributed by atoms with E-state index in [0.29, 0.717) is 13.1 Å². The first kappa shape index (κ1) is 14.5. The zero-order valence-corrected chi connectivity index (χ0v) is 11.6. The Morgan fingerprint density at radius 2 is 1.94 bits per heavy atom. The van der Waals surface area contributed by atoms with Crippen molar-refractivity contribution in [1.82, 2.24) is 9.88 Å². The first-order valence-electron chi connectivity index (χ1n) is 6.29. The predicted molar refractivity (Wildman–Crippen MR) is 71.4 cm³/mol. The lowest BCUT2D eigenvalue weighted by Crippen LogP contribution is -2.37. The van der Waals surface area contributed by atoms with E-state index in [4.69, 9.17) is 4.74 Å². The number of carbonyl (C=O) groups is 1. The highest BCUT2D eigenvalue weighted by molar-refractivity contribution is 5.68. The topological polar surface area (TPSA) is 42.4 Å². The molecule has 0 radical (unpaired) electrons. The lowest BCUT2D eigenvalue weighted by molar-refractivity contribution is 0.0262. The van der Waals surface area contributed by atoms with Gasteiger partial charge in [0.1, 0.15) is 5.60 Å². The second-order valence-corrected chi connectivity index (χ2v) is 5.17. The lowest BCUT2D eigenvalue weighted by atomic mass is 10.2. The minimum atomic E-state index is -0.443. The molecule has 0 saturated carbocycles. The lowest BCUT2D eigenvalue weighted by Gasteiger charge is -2.26. The number of aromatic nitrogens is 1. The summed E-state index contributed by atoms with van der Waals surface area (Å²) in [5, 5.41) is 0. The Morgan fingerprint density at radius 1 is 1.33 bits per heavy atom. The van der Waals surface area contributed by atoms with E-state index >= 15 is 0 Å². The Kier molecular flexibility index (Phi) is 5.13. The van der Waals surface area contributed by atoms with E-state index < -0.39 is 5.60 Å². The Bertz CT molecular complexity index is 371. The molecule has 1 heterocycles. The molecule has 0 saturated heterocycles. The number of carbonyl (C=O) groups excluding carboxylic acids is 1. The van der Waals surface area contributed by atoms with Gasteiger partial charge in [0.25, 0.3) is 0 Å². The Hall–Kier alpha value is -1.58. The number of ether oxygens (including phenoxy) is 1. The van der Waals surface area contributed by atoms with Crippen LogP contribution < -0.4 is 0 Å². The molecular formula is C14H22N2O2. The van der Waals surface area contributed by atoms with Gasteiger partial charge in [0.05, 0.1) is 0 Å². The maximum absolute atomic E-state index is 11.9. The van der Waals surface area contributed by atoms with Gasteiger partial charge in [-0.3, -0.25) is 4.98 Å². The van der Waals surface area contributed by atoms with Crippen LogP contribution in [-0.4, -0.2) is 34.7 Å². The highest BCUT2D eigenvalue weighted by Gasteiger charge is 2.20. The SMILES string of the molecule is CCN(CCc1ccncc1)C(=O)OC(C)(C)C. The van der Waals surface area contributed by atoms with Gasteiger partial charge in [-0.2, -0.15) is 0 Å². The summed E-state index contributed by atoms with van der Waals surface area (Å²) in [5.41, 5.74) is 0.730. The van der Waals surface area contributed by atoms with E-state index in [9.17, 15) is 4.79 Å². The van der Waals surface area contributed by atoms with Gasteiger partial charge in [0.15, 0.2) is 0 Å². The molecule has 1 aromatic rings. The van der Waals surface area contributed by atoms with E-state index in [-0.39, 0.29) is 6.09 Å². The molecule has 1 amide bonds. The van der Waals surface area contributed by atoms with Crippen molar-refractivity contribution in [3.63, 3.8) is 0 Å². The van der Waals surface area contributed by atoms with Crippen LogP contribution in [0.5, 0.6) is 0 Å². The molecule has 4 heteroatoms. The second kappa shape index (κ2) is 6.38. The third-order valence-corrected chi connectivity index (χ3v) is 2.45. The Balaban J connectivity index is 2.50. The summed E-state index contributed by atoms with van der Waals surface area (Å²) in [6.45, 7) is 8.90. The average molecular weight is 250 g/mol. The van der Waals surface area contributed by atoms with E-state index in [0.717, 1.165) is 6.42 Å². The number of likely N-dealkylation sites (N-methyl/N-ethyl adjacent to an activating group) is 1. The first-order valence-corrected chi connectivity index (χ1v) is 6.29. The van der Waals surface area contributed by atoms with E-state index in [1.807, 2.05) is 39.8 Å². The van der Waals surface area contributed by atoms with Crippen LogP contribution in [0.1, 0.15) is 33.3 Å². The summed E-state index contributed by atoms with van der Waals surface area (Å²) in [5.74, 6) is 0. The predicted octanol–water partition coefficient (Wildman–Crippen LogP) is 2.88. The van der Waals surface area contributed by atoms with Gasteiger partial charge in [-0.15, -0.1) is 0 Å². The molecule has 0 spiro atoms. The molecule has 0 N–H and O–H groups in total. The molecule has 100 valence electrons. The Morgan fingerprint density at radius 3 is 2.44 bits per heavy atom. The molecule has 1 aromatic heterocycles. The number of hydrogen-bond donors (Lipinski definition) is 0. The number of rotatable bonds is 4. The van der Waals surface area contributed by atoms with Crippen LogP contribution >= 0.6 is 0 Å². The third-order valence-electron chi connectivity index (χ3n) is 2.45. The molecule has 0 aliphatic carbocycles. The molecule has 0 unspecified atom stereocenters. The number of amides is 1. The van der Waals surface area contributed by atoms with Gasteiger partial charge in [-0.05, 0) is 51.8 Å². The molecule has 0 aliphatic rings. The van der Waals surface area contributed by atoms with Crippen molar-refractivity contribution < 1.29 is 9.53 Å². The van der Waals surface area contributed by atoms with E-state index in [1.54, 1.807) is 17.3 Å². The van der Waals surface area contributed by atoms with Gasteiger partial charge in [0.2, 0.25) is 0 Å². The van der Waals surface area contributed by atoms with Crippen molar-refractivity contribution in [2.75, 3.05) is 13.1 Å². The largest absolute Gasteiger partial charge is 0.444 e. The zero-order valence-electron chi connectivity index (χ0n) is 11.6. The minimum absolute atomic E-state index is 0.251. The van der Waals surface area contributed by atoms with Crippen molar-refractivity contribution in [1.29, 1.82) is 0 Å². The first-order chi connectivity index (χ1) is 8.42. The van der Waals surface area contributed by atoms with Crippen LogP contribution in [0.2, 0.25) is 0 Å². The molecule has 0 bridgehead atoms. The molecule has 4 nitrogen and oxygen atoms in total. The van der Waals surface area contributed by atoms with Crippen molar-refractivity contribution in [2.24, 2.45) is 0 Å². The summed E-state index contributed by atoms with van der Waals surface area (Å²) < 4.78 is 5.35. The van der Waals surface area contributed by atoms with Crippen LogP contribution in [0.25, 0.3) is 0 Å². The van der Waals surface area contributed by atoms with Gasteiger partial charge in [-0.25, -0.2) is 4.79 Å². The van der Waals surface area contributed by atoms with Crippen LogP contribution in [0.15, 0.2) is 24.5 Å². The van der Waals surface area contributed by atoms with Crippen LogP contribution in [0.4, 0.5) is 4.79 Å². The fraction of sp³-hybridized carbons (Fsp3) is 0.571. The second-order valence-electron chi connectivity index (χ2n) is 5.17. The third kappa shape index (κ3) is 5.17.